The van der Waals surface area contributed by atoms with Crippen molar-refractivity contribution >= 4 is 15.9 Å². The molecule has 190 valence electrons. The fourth-order valence-electron chi connectivity index (χ4n) is 4.58. The van der Waals surface area contributed by atoms with Gasteiger partial charge in [0, 0.05) is 19.6 Å². The molecule has 4 rings (SSSR count). The van der Waals surface area contributed by atoms with E-state index in [-0.39, 0.29) is 18.2 Å². The zero-order chi connectivity index (χ0) is 25.5. The summed E-state index contributed by atoms with van der Waals surface area (Å²) in [5.74, 6) is 0.613. The van der Waals surface area contributed by atoms with Crippen LogP contribution in [0.2, 0.25) is 0 Å². The quantitative estimate of drug-likeness (QED) is 0.422. The Morgan fingerprint density at radius 3 is 2.03 bits per heavy atom. The van der Waals surface area contributed by atoms with Crippen LogP contribution >= 0.6 is 0 Å². The van der Waals surface area contributed by atoms with Gasteiger partial charge in [-0.25, -0.2) is 8.42 Å². The average Bonchev–Trinajstić information content (AvgIpc) is 2.91. The Balaban J connectivity index is 1.36. The van der Waals surface area contributed by atoms with E-state index in [2.05, 4.69) is 5.32 Å². The predicted molar refractivity (Wildman–Crippen MR) is 140 cm³/mol. The van der Waals surface area contributed by atoms with E-state index in [4.69, 9.17) is 9.47 Å². The van der Waals surface area contributed by atoms with E-state index in [1.807, 2.05) is 72.8 Å². The molecule has 3 aromatic carbocycles. The Morgan fingerprint density at radius 2 is 1.47 bits per heavy atom. The summed E-state index contributed by atoms with van der Waals surface area (Å²) in [4.78, 5) is 13.1. The monoisotopic (exact) mass is 508 g/mol. The van der Waals surface area contributed by atoms with Gasteiger partial charge in [-0.1, -0.05) is 60.7 Å². The van der Waals surface area contributed by atoms with Crippen molar-refractivity contribution in [2.24, 2.45) is 0 Å². The molecule has 1 N–H and O–H groups in total. The number of sulfonamides is 1. The standard InChI is InChI=1S/C28H32N2O5S/c1-34-25-18-23-14-16-30(20-24(23)19-26(25)35-2)36(32,33)17-9-15-29-28(31)27(21-10-5-3-6-11-21)22-12-7-4-8-13-22/h3-8,10-13,18-19,27H,9,14-17,20H2,1-2H3,(H,29,31). The van der Waals surface area contributed by atoms with Crippen molar-refractivity contribution in [3.63, 3.8) is 0 Å². The number of nitrogens with one attached hydrogen (secondary N) is 1. The first-order valence-corrected chi connectivity index (χ1v) is 13.6. The Kier molecular flexibility index (Phi) is 8.28. The van der Waals surface area contributed by atoms with E-state index in [0.29, 0.717) is 37.4 Å². The van der Waals surface area contributed by atoms with Crippen LogP contribution in [0.1, 0.15) is 34.6 Å². The summed E-state index contributed by atoms with van der Waals surface area (Å²) in [5.41, 5.74) is 3.78. The van der Waals surface area contributed by atoms with Crippen molar-refractivity contribution in [3.05, 3.63) is 95.1 Å². The zero-order valence-corrected chi connectivity index (χ0v) is 21.5. The highest BCUT2D eigenvalue weighted by Crippen LogP contribution is 2.34. The Bertz CT molecular complexity index is 1240. The molecule has 0 saturated heterocycles. The summed E-state index contributed by atoms with van der Waals surface area (Å²) in [5, 5.41) is 2.95. The lowest BCUT2D eigenvalue weighted by atomic mass is 9.90. The van der Waals surface area contributed by atoms with Crippen molar-refractivity contribution < 1.29 is 22.7 Å². The highest BCUT2D eigenvalue weighted by atomic mass is 32.2. The molecule has 0 bridgehead atoms. The predicted octanol–water partition coefficient (Wildman–Crippen LogP) is 3.73. The van der Waals surface area contributed by atoms with Gasteiger partial charge in [-0.05, 0) is 47.2 Å². The number of amides is 1. The second-order valence-corrected chi connectivity index (χ2v) is 10.9. The van der Waals surface area contributed by atoms with Gasteiger partial charge in [0.15, 0.2) is 11.5 Å². The smallest absolute Gasteiger partial charge is 0.232 e. The molecule has 0 radical (unpaired) electrons. The van der Waals surface area contributed by atoms with Crippen LogP contribution in [0.4, 0.5) is 0 Å². The summed E-state index contributed by atoms with van der Waals surface area (Å²) >= 11 is 0. The van der Waals surface area contributed by atoms with E-state index in [9.17, 15) is 13.2 Å². The van der Waals surface area contributed by atoms with Crippen LogP contribution in [-0.2, 0) is 27.8 Å². The fourth-order valence-corrected chi connectivity index (χ4v) is 6.05. The van der Waals surface area contributed by atoms with Crippen LogP contribution < -0.4 is 14.8 Å². The minimum absolute atomic E-state index is 0.0305. The third-order valence-corrected chi connectivity index (χ3v) is 8.39. The molecule has 3 aromatic rings. The maximum atomic E-state index is 13.1. The largest absolute Gasteiger partial charge is 0.493 e. The van der Waals surface area contributed by atoms with Gasteiger partial charge in [0.2, 0.25) is 15.9 Å². The second kappa shape index (κ2) is 11.6. The minimum Gasteiger partial charge on any atom is -0.493 e. The van der Waals surface area contributed by atoms with E-state index in [1.165, 1.54) is 4.31 Å². The van der Waals surface area contributed by atoms with Crippen molar-refractivity contribution in [3.8, 4) is 11.5 Å². The topological polar surface area (TPSA) is 84.9 Å². The number of hydrogen-bond donors (Lipinski definition) is 1. The molecule has 0 aromatic heterocycles. The molecule has 36 heavy (non-hydrogen) atoms. The van der Waals surface area contributed by atoms with Crippen LogP contribution in [0.5, 0.6) is 11.5 Å². The van der Waals surface area contributed by atoms with Gasteiger partial charge < -0.3 is 14.8 Å². The number of hydrogen-bond acceptors (Lipinski definition) is 5. The molecule has 1 heterocycles. The van der Waals surface area contributed by atoms with E-state index in [1.54, 1.807) is 14.2 Å². The fraction of sp³-hybridized carbons (Fsp3) is 0.321. The highest BCUT2D eigenvalue weighted by Gasteiger charge is 2.28. The SMILES string of the molecule is COc1cc2c(cc1OC)CN(S(=O)(=O)CCCNC(=O)C(c1ccccc1)c1ccccc1)CC2. The summed E-state index contributed by atoms with van der Waals surface area (Å²) in [6.07, 6.45) is 0.946. The molecule has 1 aliphatic rings. The molecular formula is C28H32N2O5S. The molecule has 0 fully saturated rings. The van der Waals surface area contributed by atoms with Crippen LogP contribution in [0.3, 0.4) is 0 Å². The van der Waals surface area contributed by atoms with Crippen molar-refractivity contribution in [1.82, 2.24) is 9.62 Å². The number of nitrogens with zero attached hydrogens (tertiary/aromatic N) is 1. The zero-order valence-electron chi connectivity index (χ0n) is 20.6. The molecule has 7 nitrogen and oxygen atoms in total. The molecule has 0 saturated carbocycles. The normalized spacial score (nSPS) is 13.8. The molecule has 0 unspecified atom stereocenters. The summed E-state index contributed by atoms with van der Waals surface area (Å²) < 4.78 is 38.4. The molecular weight excluding hydrogens is 476 g/mol. The first-order chi connectivity index (χ1) is 17.4. The summed E-state index contributed by atoms with van der Waals surface area (Å²) in [7, 11) is -0.321. The number of benzene rings is 3. The van der Waals surface area contributed by atoms with Crippen molar-refractivity contribution in [2.75, 3.05) is 33.1 Å². The molecule has 0 aliphatic carbocycles. The van der Waals surface area contributed by atoms with Crippen LogP contribution in [0.15, 0.2) is 72.8 Å². The summed E-state index contributed by atoms with van der Waals surface area (Å²) in [6.45, 7) is 0.999. The third-order valence-electron chi connectivity index (χ3n) is 6.48. The van der Waals surface area contributed by atoms with Crippen LogP contribution in [0.25, 0.3) is 0 Å². The third kappa shape index (κ3) is 5.88. The maximum absolute atomic E-state index is 13.1. The van der Waals surface area contributed by atoms with Gasteiger partial charge in [0.25, 0.3) is 0 Å². The molecule has 0 atom stereocenters. The van der Waals surface area contributed by atoms with Gasteiger partial charge in [-0.2, -0.15) is 4.31 Å². The number of fused-ring (bicyclic) bond motifs is 1. The minimum atomic E-state index is -3.47. The Morgan fingerprint density at radius 1 is 0.917 bits per heavy atom. The van der Waals surface area contributed by atoms with Gasteiger partial charge in [0.05, 0.1) is 25.9 Å². The number of rotatable bonds is 10. The lowest BCUT2D eigenvalue weighted by Gasteiger charge is -2.29. The van der Waals surface area contributed by atoms with Crippen molar-refractivity contribution in [2.45, 2.75) is 25.3 Å². The highest BCUT2D eigenvalue weighted by molar-refractivity contribution is 7.89. The number of ether oxygens (including phenoxy) is 2. The Labute approximate surface area is 213 Å². The van der Waals surface area contributed by atoms with E-state index >= 15 is 0 Å². The second-order valence-electron chi connectivity index (χ2n) is 8.77. The van der Waals surface area contributed by atoms with Gasteiger partial charge >= 0.3 is 0 Å². The van der Waals surface area contributed by atoms with Gasteiger partial charge in [0.1, 0.15) is 0 Å². The van der Waals surface area contributed by atoms with Gasteiger partial charge in [-0.3, -0.25) is 4.79 Å². The average molecular weight is 509 g/mol. The van der Waals surface area contributed by atoms with Crippen LogP contribution in [-0.4, -0.2) is 51.7 Å². The summed E-state index contributed by atoms with van der Waals surface area (Å²) in [6, 6.07) is 23.0. The molecule has 1 aliphatic heterocycles. The number of carbonyl (C=O) groups is 1. The maximum Gasteiger partial charge on any atom is 0.232 e. The van der Waals surface area contributed by atoms with Gasteiger partial charge in [-0.15, -0.1) is 0 Å². The lowest BCUT2D eigenvalue weighted by molar-refractivity contribution is -0.121. The van der Waals surface area contributed by atoms with E-state index in [0.717, 1.165) is 22.3 Å². The van der Waals surface area contributed by atoms with Crippen LogP contribution in [0, 0.1) is 0 Å². The first-order valence-electron chi connectivity index (χ1n) is 12.0. The molecule has 1 amide bonds. The number of methoxy groups -OCH3 is 2. The van der Waals surface area contributed by atoms with Crippen molar-refractivity contribution in [1.29, 1.82) is 0 Å². The Hall–Kier alpha value is -3.36. The lowest BCUT2D eigenvalue weighted by Crippen LogP contribution is -2.38. The number of carbonyl (C=O) groups excluding carboxylic acids is 1. The van der Waals surface area contributed by atoms with E-state index < -0.39 is 15.9 Å². The molecule has 8 heteroatoms. The first kappa shape index (κ1) is 25.7. The molecule has 0 spiro atoms.